The zero-order valence-electron chi connectivity index (χ0n) is 11.9. The van der Waals surface area contributed by atoms with Crippen LogP contribution in [0.25, 0.3) is 0 Å². The van der Waals surface area contributed by atoms with Crippen LogP contribution in [0.2, 0.25) is 0 Å². The zero-order valence-corrected chi connectivity index (χ0v) is 12.8. The Morgan fingerprint density at radius 2 is 2.05 bits per heavy atom. The van der Waals surface area contributed by atoms with Crippen LogP contribution in [0.1, 0.15) is 32.4 Å². The van der Waals surface area contributed by atoms with Crippen molar-refractivity contribution in [3.63, 3.8) is 0 Å². The quantitative estimate of drug-likeness (QED) is 0.668. The molecule has 110 valence electrons. The van der Waals surface area contributed by atoms with E-state index in [-0.39, 0.29) is 5.75 Å². The van der Waals surface area contributed by atoms with Crippen LogP contribution in [-0.4, -0.2) is 37.0 Å². The molecule has 1 rings (SSSR count). The van der Waals surface area contributed by atoms with E-state index in [0.717, 1.165) is 25.2 Å². The van der Waals surface area contributed by atoms with E-state index in [2.05, 4.69) is 15.1 Å². The first-order valence-electron chi connectivity index (χ1n) is 6.72. The summed E-state index contributed by atoms with van der Waals surface area (Å²) in [4.78, 5) is 0. The van der Waals surface area contributed by atoms with Gasteiger partial charge in [-0.15, -0.1) is 0 Å². The van der Waals surface area contributed by atoms with Gasteiger partial charge in [-0.3, -0.25) is 9.40 Å². The molecular formula is C12H24N4O2S. The third-order valence-electron chi connectivity index (χ3n) is 2.77. The van der Waals surface area contributed by atoms with Crippen LogP contribution >= 0.6 is 0 Å². The Morgan fingerprint density at radius 3 is 2.68 bits per heavy atom. The smallest absolute Gasteiger partial charge is 0.232 e. The maximum Gasteiger partial charge on any atom is 0.232 e. The van der Waals surface area contributed by atoms with Crippen molar-refractivity contribution in [3.05, 3.63) is 11.9 Å². The van der Waals surface area contributed by atoms with Crippen LogP contribution in [0, 0.1) is 0 Å². The Bertz CT molecular complexity index is 482. The second-order valence-corrected chi connectivity index (χ2v) is 6.34. The zero-order chi connectivity index (χ0) is 14.3. The molecule has 0 unspecified atom stereocenters. The topological polar surface area (TPSA) is 76.0 Å². The van der Waals surface area contributed by atoms with Gasteiger partial charge < -0.3 is 5.32 Å². The highest BCUT2D eigenvalue weighted by Gasteiger charge is 2.14. The number of rotatable bonds is 9. The summed E-state index contributed by atoms with van der Waals surface area (Å²) in [5.41, 5.74) is 1.37. The van der Waals surface area contributed by atoms with E-state index in [1.54, 1.807) is 17.9 Å². The molecule has 6 nitrogen and oxygen atoms in total. The minimum atomic E-state index is -3.27. The third kappa shape index (κ3) is 5.61. The molecule has 7 heteroatoms. The Kier molecular flexibility index (Phi) is 6.30. The SMILES string of the molecule is CCNCCCCS(=O)(=O)Nc1cn(C)nc1CC. The first kappa shape index (κ1) is 16.0. The average Bonchev–Trinajstić information content (AvgIpc) is 2.68. The van der Waals surface area contributed by atoms with Gasteiger partial charge in [0.15, 0.2) is 0 Å². The van der Waals surface area contributed by atoms with Gasteiger partial charge in [0.2, 0.25) is 10.0 Å². The van der Waals surface area contributed by atoms with E-state index in [9.17, 15) is 8.42 Å². The van der Waals surface area contributed by atoms with Crippen molar-refractivity contribution >= 4 is 15.7 Å². The van der Waals surface area contributed by atoms with E-state index in [1.165, 1.54) is 0 Å². The summed E-state index contributed by atoms with van der Waals surface area (Å²) in [7, 11) is -1.49. The lowest BCUT2D eigenvalue weighted by Crippen LogP contribution is -2.19. The number of sulfonamides is 1. The number of hydrogen-bond donors (Lipinski definition) is 2. The van der Waals surface area contributed by atoms with Crippen LogP contribution in [0.3, 0.4) is 0 Å². The van der Waals surface area contributed by atoms with Gasteiger partial charge in [0.05, 0.1) is 17.1 Å². The third-order valence-corrected chi connectivity index (χ3v) is 4.13. The highest BCUT2D eigenvalue weighted by atomic mass is 32.2. The monoisotopic (exact) mass is 288 g/mol. The summed E-state index contributed by atoms with van der Waals surface area (Å²) in [6.45, 7) is 5.77. The lowest BCUT2D eigenvalue weighted by atomic mass is 10.3. The van der Waals surface area contributed by atoms with Crippen LogP contribution in [-0.2, 0) is 23.5 Å². The molecule has 0 spiro atoms. The van der Waals surface area contributed by atoms with Gasteiger partial charge in [-0.1, -0.05) is 13.8 Å². The van der Waals surface area contributed by atoms with Crippen LogP contribution < -0.4 is 10.0 Å². The maximum atomic E-state index is 11.9. The van der Waals surface area contributed by atoms with Crippen molar-refractivity contribution in [3.8, 4) is 0 Å². The molecule has 1 aromatic rings. The second-order valence-electron chi connectivity index (χ2n) is 4.50. The summed E-state index contributed by atoms with van der Waals surface area (Å²) < 4.78 is 28.1. The number of anilines is 1. The molecule has 0 fully saturated rings. The number of nitrogens with zero attached hydrogens (tertiary/aromatic N) is 2. The lowest BCUT2D eigenvalue weighted by Gasteiger charge is -2.07. The fourth-order valence-corrected chi connectivity index (χ4v) is 3.01. The van der Waals surface area contributed by atoms with Crippen molar-refractivity contribution < 1.29 is 8.42 Å². The van der Waals surface area contributed by atoms with Crippen LogP contribution in [0.15, 0.2) is 6.20 Å². The Balaban J connectivity index is 2.49. The molecule has 0 atom stereocenters. The van der Waals surface area contributed by atoms with Crippen molar-refractivity contribution in [2.75, 3.05) is 23.6 Å². The van der Waals surface area contributed by atoms with Gasteiger partial charge in [-0.05, 0) is 32.4 Å². The average molecular weight is 288 g/mol. The second kappa shape index (κ2) is 7.49. The van der Waals surface area contributed by atoms with E-state index >= 15 is 0 Å². The molecule has 0 amide bonds. The fourth-order valence-electron chi connectivity index (χ4n) is 1.82. The van der Waals surface area contributed by atoms with E-state index in [0.29, 0.717) is 18.5 Å². The predicted molar refractivity (Wildman–Crippen MR) is 77.8 cm³/mol. The summed E-state index contributed by atoms with van der Waals surface area (Å²) in [5.74, 6) is 0.149. The van der Waals surface area contributed by atoms with Gasteiger partial charge in [-0.25, -0.2) is 8.42 Å². The van der Waals surface area contributed by atoms with Crippen LogP contribution in [0.5, 0.6) is 0 Å². The summed E-state index contributed by atoms with van der Waals surface area (Å²) >= 11 is 0. The van der Waals surface area contributed by atoms with Gasteiger partial charge in [0.25, 0.3) is 0 Å². The molecule has 0 aliphatic carbocycles. The number of hydrogen-bond acceptors (Lipinski definition) is 4. The van der Waals surface area contributed by atoms with Gasteiger partial charge >= 0.3 is 0 Å². The molecule has 0 aromatic carbocycles. The van der Waals surface area contributed by atoms with Crippen LogP contribution in [0.4, 0.5) is 5.69 Å². The molecule has 1 aromatic heterocycles. The molecular weight excluding hydrogens is 264 g/mol. The fraction of sp³-hybridized carbons (Fsp3) is 0.750. The number of aromatic nitrogens is 2. The normalized spacial score (nSPS) is 11.7. The summed E-state index contributed by atoms with van der Waals surface area (Å²) in [6.07, 6.45) is 3.93. The van der Waals surface area contributed by atoms with E-state index in [1.807, 2.05) is 13.8 Å². The van der Waals surface area contributed by atoms with Crippen molar-refractivity contribution in [1.82, 2.24) is 15.1 Å². The number of unbranched alkanes of at least 4 members (excludes halogenated alkanes) is 1. The van der Waals surface area contributed by atoms with Crippen molar-refractivity contribution in [2.24, 2.45) is 7.05 Å². The first-order chi connectivity index (χ1) is 8.98. The molecule has 0 saturated heterocycles. The lowest BCUT2D eigenvalue weighted by molar-refractivity contribution is 0.593. The molecule has 0 saturated carbocycles. The Morgan fingerprint density at radius 1 is 1.32 bits per heavy atom. The van der Waals surface area contributed by atoms with E-state index < -0.39 is 10.0 Å². The standard InChI is InChI=1S/C12H24N4O2S/c1-4-11-12(10-16(3)14-11)15-19(17,18)9-7-6-8-13-5-2/h10,13,15H,4-9H2,1-3H3. The number of aryl methyl sites for hydroxylation is 2. The molecule has 0 bridgehead atoms. The summed E-state index contributed by atoms with van der Waals surface area (Å²) in [6, 6.07) is 0. The van der Waals surface area contributed by atoms with Crippen molar-refractivity contribution in [2.45, 2.75) is 33.1 Å². The highest BCUT2D eigenvalue weighted by Crippen LogP contribution is 2.15. The van der Waals surface area contributed by atoms with Crippen molar-refractivity contribution in [1.29, 1.82) is 0 Å². The van der Waals surface area contributed by atoms with Gasteiger partial charge in [0, 0.05) is 13.2 Å². The highest BCUT2D eigenvalue weighted by molar-refractivity contribution is 7.92. The Hall–Kier alpha value is -1.08. The molecule has 0 aliphatic rings. The minimum absolute atomic E-state index is 0.149. The molecule has 0 radical (unpaired) electrons. The predicted octanol–water partition coefficient (Wildman–Crippen LogP) is 1.11. The number of nitrogens with one attached hydrogen (secondary N) is 2. The van der Waals surface area contributed by atoms with E-state index in [4.69, 9.17) is 0 Å². The minimum Gasteiger partial charge on any atom is -0.317 e. The Labute approximate surface area is 115 Å². The largest absolute Gasteiger partial charge is 0.317 e. The maximum absolute atomic E-state index is 11.9. The summed E-state index contributed by atoms with van der Waals surface area (Å²) in [5, 5.41) is 7.39. The van der Waals surface area contributed by atoms with Gasteiger partial charge in [0.1, 0.15) is 0 Å². The van der Waals surface area contributed by atoms with Gasteiger partial charge in [-0.2, -0.15) is 5.10 Å². The molecule has 19 heavy (non-hydrogen) atoms. The molecule has 1 heterocycles. The first-order valence-corrected chi connectivity index (χ1v) is 8.37. The molecule has 0 aliphatic heterocycles. The molecule has 2 N–H and O–H groups in total.